The molecule has 3 N–H and O–H groups in total. The third-order valence-corrected chi connectivity index (χ3v) is 6.24. The number of alkyl halides is 3. The van der Waals surface area contributed by atoms with Crippen molar-refractivity contribution in [3.05, 3.63) is 66.2 Å². The zero-order valence-corrected chi connectivity index (χ0v) is 19.2. The molecule has 1 aliphatic heterocycles. The van der Waals surface area contributed by atoms with Gasteiger partial charge in [-0.2, -0.15) is 13.2 Å². The Morgan fingerprint density at radius 1 is 1.14 bits per heavy atom. The molecule has 1 aliphatic rings. The van der Waals surface area contributed by atoms with Gasteiger partial charge < -0.3 is 20.4 Å². The fourth-order valence-electron chi connectivity index (χ4n) is 4.46. The van der Waals surface area contributed by atoms with Gasteiger partial charge in [0.15, 0.2) is 5.76 Å². The first-order chi connectivity index (χ1) is 16.5. The van der Waals surface area contributed by atoms with Crippen LogP contribution >= 0.6 is 0 Å². The molecule has 2 amide bonds. The SMILES string of the molecule is CC1(C)CC(C(N)=O)CCN1c1ccc(C(F)(F)F)cc1NC(=O)c1ccc(-c2ccncc2)o1. The van der Waals surface area contributed by atoms with E-state index in [9.17, 15) is 22.8 Å². The second-order valence-corrected chi connectivity index (χ2v) is 9.14. The Kier molecular flexibility index (Phi) is 6.31. The Hall–Kier alpha value is -3.82. The number of nitrogens with zero attached hydrogens (tertiary/aromatic N) is 2. The molecule has 0 aliphatic carbocycles. The molecule has 2 aromatic heterocycles. The molecule has 7 nitrogen and oxygen atoms in total. The molecule has 1 aromatic carbocycles. The molecule has 0 radical (unpaired) electrons. The second-order valence-electron chi connectivity index (χ2n) is 9.14. The zero-order valence-electron chi connectivity index (χ0n) is 19.2. The number of pyridine rings is 1. The molecule has 0 bridgehead atoms. The molecule has 3 heterocycles. The van der Waals surface area contributed by atoms with E-state index in [2.05, 4.69) is 10.3 Å². The van der Waals surface area contributed by atoms with Crippen molar-refractivity contribution < 1.29 is 27.2 Å². The lowest BCUT2D eigenvalue weighted by atomic mass is 9.81. The first kappa shape index (κ1) is 24.3. The number of primary amides is 1. The van der Waals surface area contributed by atoms with Gasteiger partial charge in [0.05, 0.1) is 16.9 Å². The Morgan fingerprint density at radius 2 is 1.86 bits per heavy atom. The van der Waals surface area contributed by atoms with E-state index >= 15 is 0 Å². The molecule has 1 saturated heterocycles. The molecule has 1 fully saturated rings. The Bertz CT molecular complexity index is 1240. The largest absolute Gasteiger partial charge is 0.451 e. The molecule has 35 heavy (non-hydrogen) atoms. The van der Waals surface area contributed by atoms with Crippen molar-refractivity contribution in [1.82, 2.24) is 4.98 Å². The molecule has 0 saturated carbocycles. The number of furan rings is 1. The summed E-state index contributed by atoms with van der Waals surface area (Å²) in [5, 5.41) is 2.59. The number of carbonyl (C=O) groups is 2. The van der Waals surface area contributed by atoms with Gasteiger partial charge in [-0.05, 0) is 69.2 Å². The number of rotatable bonds is 5. The van der Waals surface area contributed by atoms with Crippen LogP contribution < -0.4 is 16.0 Å². The van der Waals surface area contributed by atoms with Crippen LogP contribution in [0.3, 0.4) is 0 Å². The number of hydrogen-bond acceptors (Lipinski definition) is 5. The zero-order chi connectivity index (χ0) is 25.4. The molecule has 0 spiro atoms. The lowest BCUT2D eigenvalue weighted by Crippen LogP contribution is -2.52. The monoisotopic (exact) mass is 486 g/mol. The van der Waals surface area contributed by atoms with Gasteiger partial charge in [-0.1, -0.05) is 0 Å². The summed E-state index contributed by atoms with van der Waals surface area (Å²) in [5.41, 5.74) is 5.13. The van der Waals surface area contributed by atoms with Gasteiger partial charge in [0, 0.05) is 36.0 Å². The van der Waals surface area contributed by atoms with E-state index in [-0.39, 0.29) is 17.4 Å². The summed E-state index contributed by atoms with van der Waals surface area (Å²) in [6.45, 7) is 4.17. The number of hydrogen-bond donors (Lipinski definition) is 2. The summed E-state index contributed by atoms with van der Waals surface area (Å²) in [4.78, 5) is 30.5. The van der Waals surface area contributed by atoms with Gasteiger partial charge in [-0.15, -0.1) is 0 Å². The average Bonchev–Trinajstić information content (AvgIpc) is 3.29. The molecule has 1 unspecified atom stereocenters. The van der Waals surface area contributed by atoms with Crippen molar-refractivity contribution in [2.24, 2.45) is 11.7 Å². The smallest absolute Gasteiger partial charge is 0.416 e. The summed E-state index contributed by atoms with van der Waals surface area (Å²) in [6, 6.07) is 9.73. The van der Waals surface area contributed by atoms with Gasteiger partial charge >= 0.3 is 6.18 Å². The second kappa shape index (κ2) is 9.09. The summed E-state index contributed by atoms with van der Waals surface area (Å²) in [7, 11) is 0. The predicted molar refractivity (Wildman–Crippen MR) is 125 cm³/mol. The first-order valence-electron chi connectivity index (χ1n) is 11.1. The van der Waals surface area contributed by atoms with Crippen LogP contribution in [-0.2, 0) is 11.0 Å². The van der Waals surface area contributed by atoms with Crippen molar-refractivity contribution >= 4 is 23.2 Å². The van der Waals surface area contributed by atoms with Crippen LogP contribution in [0.4, 0.5) is 24.5 Å². The third-order valence-electron chi connectivity index (χ3n) is 6.24. The van der Waals surface area contributed by atoms with Gasteiger partial charge in [-0.25, -0.2) is 0 Å². The molecular formula is C25H25F3N4O3. The summed E-state index contributed by atoms with van der Waals surface area (Å²) in [6.07, 6.45) is -0.540. The number of halogens is 3. The topological polar surface area (TPSA) is 101 Å². The fraction of sp³-hybridized carbons (Fsp3) is 0.320. The number of benzene rings is 1. The maximum atomic E-state index is 13.5. The third kappa shape index (κ3) is 5.16. The minimum Gasteiger partial charge on any atom is -0.451 e. The Labute approximate surface area is 200 Å². The van der Waals surface area contributed by atoms with Crippen LogP contribution in [0.25, 0.3) is 11.3 Å². The number of carbonyl (C=O) groups excluding carboxylic acids is 2. The maximum Gasteiger partial charge on any atom is 0.416 e. The van der Waals surface area contributed by atoms with Crippen molar-refractivity contribution in [3.8, 4) is 11.3 Å². The fourth-order valence-corrected chi connectivity index (χ4v) is 4.46. The normalized spacial score (nSPS) is 17.7. The highest BCUT2D eigenvalue weighted by Gasteiger charge is 2.39. The summed E-state index contributed by atoms with van der Waals surface area (Å²) in [5.74, 6) is -1.04. The van der Waals surface area contributed by atoms with Gasteiger partial charge in [0.25, 0.3) is 5.91 Å². The minimum atomic E-state index is -4.59. The van der Waals surface area contributed by atoms with Crippen LogP contribution in [-0.4, -0.2) is 28.9 Å². The van der Waals surface area contributed by atoms with Crippen molar-refractivity contribution in [2.75, 3.05) is 16.8 Å². The molecule has 4 rings (SSSR count). The van der Waals surface area contributed by atoms with Crippen LogP contribution in [0.2, 0.25) is 0 Å². The maximum absolute atomic E-state index is 13.5. The summed E-state index contributed by atoms with van der Waals surface area (Å²) < 4.78 is 46.1. The van der Waals surface area contributed by atoms with Crippen LogP contribution in [0, 0.1) is 5.92 Å². The standard InChI is InChI=1S/C25H25F3N4O3/c1-24(2)14-16(22(29)33)9-12-32(24)19-4-3-17(25(26,27)28)13-18(19)31-23(34)21-6-5-20(35-21)15-7-10-30-11-8-15/h3-8,10-11,13,16H,9,12,14H2,1-2H3,(H2,29,33)(H,31,34). The quantitative estimate of drug-likeness (QED) is 0.523. The van der Waals surface area contributed by atoms with E-state index in [1.165, 1.54) is 12.1 Å². The number of piperidine rings is 1. The number of nitrogens with one attached hydrogen (secondary N) is 1. The van der Waals surface area contributed by atoms with E-state index < -0.39 is 29.1 Å². The van der Waals surface area contributed by atoms with E-state index in [1.54, 1.807) is 30.6 Å². The Morgan fingerprint density at radius 3 is 2.49 bits per heavy atom. The molecule has 184 valence electrons. The highest BCUT2D eigenvalue weighted by atomic mass is 19.4. The average molecular weight is 486 g/mol. The number of amides is 2. The van der Waals surface area contributed by atoms with Gasteiger partial charge in [0.2, 0.25) is 5.91 Å². The van der Waals surface area contributed by atoms with E-state index in [0.29, 0.717) is 36.4 Å². The first-order valence-corrected chi connectivity index (χ1v) is 11.1. The lowest BCUT2D eigenvalue weighted by molar-refractivity contribution is -0.137. The highest BCUT2D eigenvalue weighted by molar-refractivity contribution is 6.04. The van der Waals surface area contributed by atoms with Crippen molar-refractivity contribution in [2.45, 2.75) is 38.4 Å². The van der Waals surface area contributed by atoms with Crippen LogP contribution in [0.1, 0.15) is 42.8 Å². The van der Waals surface area contributed by atoms with E-state index in [4.69, 9.17) is 10.2 Å². The number of nitrogens with two attached hydrogens (primary N) is 1. The number of aromatic nitrogens is 1. The van der Waals surface area contributed by atoms with E-state index in [1.807, 2.05) is 18.7 Å². The van der Waals surface area contributed by atoms with Crippen molar-refractivity contribution in [1.29, 1.82) is 0 Å². The predicted octanol–water partition coefficient (Wildman–Crippen LogP) is 5.09. The molecule has 3 aromatic rings. The Balaban J connectivity index is 1.66. The van der Waals surface area contributed by atoms with Crippen LogP contribution in [0.15, 0.2) is 59.3 Å². The van der Waals surface area contributed by atoms with E-state index in [0.717, 1.165) is 12.1 Å². The lowest BCUT2D eigenvalue weighted by Gasteiger charge is -2.47. The molecule has 10 heteroatoms. The molecule has 1 atom stereocenters. The minimum absolute atomic E-state index is 0.00251. The molecular weight excluding hydrogens is 461 g/mol. The van der Waals surface area contributed by atoms with Gasteiger partial charge in [-0.3, -0.25) is 14.6 Å². The highest BCUT2D eigenvalue weighted by Crippen LogP contribution is 2.41. The van der Waals surface area contributed by atoms with Crippen molar-refractivity contribution in [3.63, 3.8) is 0 Å². The van der Waals surface area contributed by atoms with Crippen LogP contribution in [0.5, 0.6) is 0 Å². The van der Waals surface area contributed by atoms with Gasteiger partial charge in [0.1, 0.15) is 5.76 Å². The number of anilines is 2. The summed E-state index contributed by atoms with van der Waals surface area (Å²) >= 11 is 0.